The molecule has 0 aliphatic carbocycles. The molecule has 2 aliphatic rings. The van der Waals surface area contributed by atoms with Crippen molar-refractivity contribution in [2.75, 3.05) is 31.9 Å². The SMILES string of the molecule is CC1SCCN(CCC2CCNCC2)C1C.Cl. The lowest BCUT2D eigenvalue weighted by Gasteiger charge is -2.38. The van der Waals surface area contributed by atoms with E-state index >= 15 is 0 Å². The third-order valence-electron chi connectivity index (χ3n) is 4.30. The van der Waals surface area contributed by atoms with Crippen molar-refractivity contribution < 1.29 is 0 Å². The van der Waals surface area contributed by atoms with Crippen LogP contribution in [-0.4, -0.2) is 48.1 Å². The van der Waals surface area contributed by atoms with E-state index in [-0.39, 0.29) is 12.4 Å². The Labute approximate surface area is 117 Å². The molecule has 0 spiro atoms. The van der Waals surface area contributed by atoms with Gasteiger partial charge in [-0.1, -0.05) is 6.92 Å². The maximum Gasteiger partial charge on any atom is 0.0184 e. The number of thioether (sulfide) groups is 1. The zero-order chi connectivity index (χ0) is 11.4. The quantitative estimate of drug-likeness (QED) is 0.854. The maximum absolute atomic E-state index is 3.45. The molecular formula is C13H27ClN2S. The van der Waals surface area contributed by atoms with Crippen molar-refractivity contribution in [3.05, 3.63) is 0 Å². The summed E-state index contributed by atoms with van der Waals surface area (Å²) in [7, 11) is 0. The normalized spacial score (nSPS) is 32.1. The Hall–Kier alpha value is 0.560. The number of nitrogens with one attached hydrogen (secondary N) is 1. The Balaban J connectivity index is 0.00000144. The van der Waals surface area contributed by atoms with E-state index in [1.54, 1.807) is 0 Å². The molecule has 2 fully saturated rings. The van der Waals surface area contributed by atoms with Crippen LogP contribution < -0.4 is 5.32 Å². The predicted molar refractivity (Wildman–Crippen MR) is 80.4 cm³/mol. The molecule has 2 rings (SSSR count). The Morgan fingerprint density at radius 2 is 1.94 bits per heavy atom. The number of rotatable bonds is 3. The van der Waals surface area contributed by atoms with E-state index in [1.807, 2.05) is 0 Å². The standard InChI is InChI=1S/C13H26N2S.ClH/c1-11-12(2)16-10-9-15(11)8-5-13-3-6-14-7-4-13;/h11-14H,3-10H2,1-2H3;1H. The van der Waals surface area contributed by atoms with Crippen molar-refractivity contribution in [2.45, 2.75) is 44.4 Å². The fourth-order valence-electron chi connectivity index (χ4n) is 2.83. The fraction of sp³-hybridized carbons (Fsp3) is 1.00. The molecule has 4 heteroatoms. The van der Waals surface area contributed by atoms with Gasteiger partial charge >= 0.3 is 0 Å². The van der Waals surface area contributed by atoms with Crippen LogP contribution in [0.25, 0.3) is 0 Å². The largest absolute Gasteiger partial charge is 0.317 e. The highest BCUT2D eigenvalue weighted by molar-refractivity contribution is 8.00. The first-order valence-corrected chi connectivity index (χ1v) is 7.88. The summed E-state index contributed by atoms with van der Waals surface area (Å²) in [5, 5.41) is 4.27. The average Bonchev–Trinajstić information content (AvgIpc) is 2.32. The van der Waals surface area contributed by atoms with Crippen molar-refractivity contribution in [3.8, 4) is 0 Å². The van der Waals surface area contributed by atoms with Crippen molar-refractivity contribution in [2.24, 2.45) is 5.92 Å². The Kier molecular flexibility index (Phi) is 7.24. The molecule has 2 aliphatic heterocycles. The van der Waals surface area contributed by atoms with Gasteiger partial charge in [0.2, 0.25) is 0 Å². The molecule has 0 bridgehead atoms. The second-order valence-corrected chi connectivity index (χ2v) is 6.82. The molecule has 102 valence electrons. The number of hydrogen-bond donors (Lipinski definition) is 1. The highest BCUT2D eigenvalue weighted by atomic mass is 35.5. The molecule has 0 radical (unpaired) electrons. The summed E-state index contributed by atoms with van der Waals surface area (Å²) >= 11 is 2.14. The molecule has 0 aromatic carbocycles. The van der Waals surface area contributed by atoms with Gasteiger partial charge in [0.15, 0.2) is 0 Å². The van der Waals surface area contributed by atoms with Crippen LogP contribution in [0.5, 0.6) is 0 Å². The Morgan fingerprint density at radius 3 is 2.65 bits per heavy atom. The fourth-order valence-corrected chi connectivity index (χ4v) is 3.99. The zero-order valence-electron chi connectivity index (χ0n) is 11.2. The van der Waals surface area contributed by atoms with Crippen LogP contribution in [0.1, 0.15) is 33.1 Å². The molecule has 0 aromatic rings. The van der Waals surface area contributed by atoms with Crippen LogP contribution in [-0.2, 0) is 0 Å². The van der Waals surface area contributed by atoms with Gasteiger partial charge in [-0.05, 0) is 51.7 Å². The van der Waals surface area contributed by atoms with Gasteiger partial charge in [-0.25, -0.2) is 0 Å². The van der Waals surface area contributed by atoms with E-state index < -0.39 is 0 Å². The predicted octanol–water partition coefficient (Wildman–Crippen LogP) is 2.62. The van der Waals surface area contributed by atoms with Crippen LogP contribution in [0, 0.1) is 5.92 Å². The van der Waals surface area contributed by atoms with E-state index in [0.717, 1.165) is 17.2 Å². The lowest BCUT2D eigenvalue weighted by molar-refractivity contribution is 0.189. The Bertz CT molecular complexity index is 210. The summed E-state index contributed by atoms with van der Waals surface area (Å²) in [6.45, 7) is 9.90. The number of hydrogen-bond acceptors (Lipinski definition) is 3. The minimum atomic E-state index is 0. The summed E-state index contributed by atoms with van der Waals surface area (Å²) in [6.07, 6.45) is 4.21. The van der Waals surface area contributed by atoms with Crippen molar-refractivity contribution in [1.82, 2.24) is 10.2 Å². The molecule has 0 aromatic heterocycles. The lowest BCUT2D eigenvalue weighted by atomic mass is 9.94. The first-order valence-electron chi connectivity index (χ1n) is 6.83. The summed E-state index contributed by atoms with van der Waals surface area (Å²) in [6, 6.07) is 0.778. The molecule has 17 heavy (non-hydrogen) atoms. The van der Waals surface area contributed by atoms with Gasteiger partial charge in [0.1, 0.15) is 0 Å². The summed E-state index contributed by atoms with van der Waals surface area (Å²) in [4.78, 5) is 2.71. The molecule has 2 heterocycles. The topological polar surface area (TPSA) is 15.3 Å². The highest BCUT2D eigenvalue weighted by Gasteiger charge is 2.25. The molecule has 2 atom stereocenters. The molecule has 1 N–H and O–H groups in total. The van der Waals surface area contributed by atoms with Crippen molar-refractivity contribution in [3.63, 3.8) is 0 Å². The van der Waals surface area contributed by atoms with E-state index in [4.69, 9.17) is 0 Å². The van der Waals surface area contributed by atoms with Gasteiger partial charge in [-0.15, -0.1) is 12.4 Å². The molecular weight excluding hydrogens is 252 g/mol. The highest BCUT2D eigenvalue weighted by Crippen LogP contribution is 2.25. The van der Waals surface area contributed by atoms with Gasteiger partial charge in [0.05, 0.1) is 0 Å². The molecule has 2 saturated heterocycles. The second kappa shape index (κ2) is 7.88. The monoisotopic (exact) mass is 278 g/mol. The zero-order valence-corrected chi connectivity index (χ0v) is 12.8. The van der Waals surface area contributed by atoms with Crippen molar-refractivity contribution >= 4 is 24.2 Å². The van der Waals surface area contributed by atoms with E-state index in [9.17, 15) is 0 Å². The third-order valence-corrected chi connectivity index (χ3v) is 5.64. The minimum absolute atomic E-state index is 0. The molecule has 0 saturated carbocycles. The number of piperidine rings is 1. The van der Waals surface area contributed by atoms with E-state index in [1.165, 1.54) is 51.2 Å². The van der Waals surface area contributed by atoms with Gasteiger partial charge in [-0.2, -0.15) is 11.8 Å². The summed E-state index contributed by atoms with van der Waals surface area (Å²) in [5.41, 5.74) is 0. The third kappa shape index (κ3) is 4.62. The second-order valence-electron chi connectivity index (χ2n) is 5.33. The van der Waals surface area contributed by atoms with Gasteiger partial charge in [0, 0.05) is 23.6 Å². The Morgan fingerprint density at radius 1 is 1.24 bits per heavy atom. The molecule has 2 unspecified atom stereocenters. The van der Waals surface area contributed by atoms with Crippen LogP contribution >= 0.6 is 24.2 Å². The summed E-state index contributed by atoms with van der Waals surface area (Å²) < 4.78 is 0. The van der Waals surface area contributed by atoms with Gasteiger partial charge < -0.3 is 5.32 Å². The smallest absolute Gasteiger partial charge is 0.0184 e. The molecule has 2 nitrogen and oxygen atoms in total. The summed E-state index contributed by atoms with van der Waals surface area (Å²) in [5.74, 6) is 2.32. The van der Waals surface area contributed by atoms with Gasteiger partial charge in [0.25, 0.3) is 0 Å². The van der Waals surface area contributed by atoms with Crippen molar-refractivity contribution in [1.29, 1.82) is 0 Å². The van der Waals surface area contributed by atoms with E-state index in [2.05, 4.69) is 35.8 Å². The number of halogens is 1. The first kappa shape index (κ1) is 15.6. The van der Waals surface area contributed by atoms with Gasteiger partial charge in [-0.3, -0.25) is 4.90 Å². The van der Waals surface area contributed by atoms with Crippen LogP contribution in [0.3, 0.4) is 0 Å². The maximum atomic E-state index is 3.45. The van der Waals surface area contributed by atoms with Crippen LogP contribution in [0.15, 0.2) is 0 Å². The minimum Gasteiger partial charge on any atom is -0.317 e. The van der Waals surface area contributed by atoms with E-state index in [0.29, 0.717) is 0 Å². The average molecular weight is 279 g/mol. The first-order chi connectivity index (χ1) is 7.77. The molecule has 0 amide bonds. The number of nitrogens with zero attached hydrogens (tertiary/aromatic N) is 1. The van der Waals surface area contributed by atoms with Crippen LogP contribution in [0.2, 0.25) is 0 Å². The van der Waals surface area contributed by atoms with Crippen LogP contribution in [0.4, 0.5) is 0 Å². The lowest BCUT2D eigenvalue weighted by Crippen LogP contribution is -2.45.